The molecule has 1 N–H and O–H groups in total. The van der Waals surface area contributed by atoms with Crippen molar-refractivity contribution < 1.29 is 0 Å². The Hall–Kier alpha value is -2.49. The van der Waals surface area contributed by atoms with Gasteiger partial charge in [-0.3, -0.25) is 4.98 Å². The van der Waals surface area contributed by atoms with Gasteiger partial charge < -0.3 is 4.98 Å². The van der Waals surface area contributed by atoms with Gasteiger partial charge in [0.2, 0.25) is 0 Å². The summed E-state index contributed by atoms with van der Waals surface area (Å²) in [5.74, 6) is 0. The lowest BCUT2D eigenvalue weighted by molar-refractivity contribution is 1.12. The Morgan fingerprint density at radius 3 is 3.00 bits per heavy atom. The molecule has 4 aromatic rings. The maximum atomic E-state index is 4.41. The third-order valence-electron chi connectivity index (χ3n) is 3.04. The zero-order valence-corrected chi connectivity index (χ0v) is 8.88. The summed E-state index contributed by atoms with van der Waals surface area (Å²) in [6.07, 6.45) is 5.48. The molecule has 0 fully saturated rings. The predicted octanol–water partition coefficient (Wildman–Crippen LogP) is 2.66. The van der Waals surface area contributed by atoms with Gasteiger partial charge in [0.25, 0.3) is 0 Å². The average molecular weight is 220 g/mol. The Morgan fingerprint density at radius 2 is 2.00 bits per heavy atom. The maximum absolute atomic E-state index is 4.41. The van der Waals surface area contributed by atoms with Gasteiger partial charge in [-0.1, -0.05) is 12.1 Å². The molecule has 17 heavy (non-hydrogen) atoms. The number of hydrogen-bond donors (Lipinski definition) is 1. The van der Waals surface area contributed by atoms with Crippen LogP contribution in [0, 0.1) is 0 Å². The first-order valence-corrected chi connectivity index (χ1v) is 5.40. The van der Waals surface area contributed by atoms with Crippen LogP contribution in [0.1, 0.15) is 0 Å². The van der Waals surface area contributed by atoms with E-state index < -0.39 is 0 Å². The van der Waals surface area contributed by atoms with E-state index in [9.17, 15) is 0 Å². The highest BCUT2D eigenvalue weighted by atomic mass is 15.1. The van der Waals surface area contributed by atoms with Gasteiger partial charge in [0, 0.05) is 17.0 Å². The molecule has 0 radical (unpaired) electrons. The average Bonchev–Trinajstić information content (AvgIpc) is 2.86. The van der Waals surface area contributed by atoms with Crippen LogP contribution in [0.25, 0.3) is 32.7 Å². The fourth-order valence-electron chi connectivity index (χ4n) is 2.25. The molecule has 3 heterocycles. The van der Waals surface area contributed by atoms with E-state index in [1.807, 2.05) is 18.3 Å². The Kier molecular flexibility index (Phi) is 1.53. The standard InChI is InChI=1S/C13H8N4/c1-2-8-3-4-10-12(13(8)14-5-1)9-6-16-17-11(9)7-15-10/h1-7,14H. The van der Waals surface area contributed by atoms with Crippen LogP contribution in [0.4, 0.5) is 0 Å². The van der Waals surface area contributed by atoms with E-state index in [0.717, 1.165) is 32.7 Å². The minimum absolute atomic E-state index is 0.835. The zero-order valence-electron chi connectivity index (χ0n) is 8.88. The van der Waals surface area contributed by atoms with E-state index in [-0.39, 0.29) is 0 Å². The number of pyridine rings is 2. The van der Waals surface area contributed by atoms with Crippen molar-refractivity contribution >= 4 is 32.7 Å². The summed E-state index contributed by atoms with van der Waals surface area (Å²) in [6.45, 7) is 0. The molecule has 1 aromatic carbocycles. The van der Waals surface area contributed by atoms with E-state index in [1.54, 1.807) is 12.4 Å². The van der Waals surface area contributed by atoms with Crippen molar-refractivity contribution in [2.75, 3.05) is 0 Å². The number of fused-ring (bicyclic) bond motifs is 5. The van der Waals surface area contributed by atoms with Gasteiger partial charge in [0.15, 0.2) is 0 Å². The van der Waals surface area contributed by atoms with Crippen LogP contribution in [0.15, 0.2) is 42.9 Å². The zero-order chi connectivity index (χ0) is 11.2. The Balaban J connectivity index is 2.41. The van der Waals surface area contributed by atoms with E-state index >= 15 is 0 Å². The van der Waals surface area contributed by atoms with Crippen LogP contribution in [0.3, 0.4) is 0 Å². The number of benzene rings is 1. The molecule has 0 saturated heterocycles. The number of aromatic amines is 1. The van der Waals surface area contributed by atoms with Gasteiger partial charge in [-0.15, -0.1) is 5.10 Å². The Bertz CT molecular complexity index is 848. The summed E-state index contributed by atoms with van der Waals surface area (Å²) < 4.78 is 0. The third kappa shape index (κ3) is 1.09. The number of rotatable bonds is 0. The molecule has 0 aliphatic heterocycles. The molecule has 4 nitrogen and oxygen atoms in total. The molecule has 0 spiro atoms. The highest BCUT2D eigenvalue weighted by Crippen LogP contribution is 2.27. The molecular weight excluding hydrogens is 212 g/mol. The van der Waals surface area contributed by atoms with Crippen LogP contribution in [0.5, 0.6) is 0 Å². The summed E-state index contributed by atoms with van der Waals surface area (Å²) in [6, 6.07) is 8.16. The molecule has 80 valence electrons. The number of H-pyrrole nitrogens is 1. The first-order valence-electron chi connectivity index (χ1n) is 5.40. The van der Waals surface area contributed by atoms with E-state index in [0.29, 0.717) is 0 Å². The quantitative estimate of drug-likeness (QED) is 0.463. The van der Waals surface area contributed by atoms with Crippen molar-refractivity contribution in [3.8, 4) is 0 Å². The molecule has 0 atom stereocenters. The van der Waals surface area contributed by atoms with Gasteiger partial charge in [-0.25, -0.2) is 0 Å². The second kappa shape index (κ2) is 3.01. The molecule has 0 saturated carbocycles. The highest BCUT2D eigenvalue weighted by molar-refractivity contribution is 6.16. The lowest BCUT2D eigenvalue weighted by atomic mass is 10.1. The van der Waals surface area contributed by atoms with E-state index in [4.69, 9.17) is 0 Å². The molecule has 0 unspecified atom stereocenters. The Labute approximate surface area is 96.3 Å². The van der Waals surface area contributed by atoms with Crippen LogP contribution in [0.2, 0.25) is 0 Å². The second-order valence-corrected chi connectivity index (χ2v) is 4.00. The fourth-order valence-corrected chi connectivity index (χ4v) is 2.25. The minimum Gasteiger partial charge on any atom is -0.361 e. The highest BCUT2D eigenvalue weighted by Gasteiger charge is 2.07. The third-order valence-corrected chi connectivity index (χ3v) is 3.04. The normalized spacial score (nSPS) is 11.5. The van der Waals surface area contributed by atoms with Crippen molar-refractivity contribution in [1.82, 2.24) is 20.2 Å². The van der Waals surface area contributed by atoms with Crippen molar-refractivity contribution in [2.45, 2.75) is 0 Å². The van der Waals surface area contributed by atoms with Crippen molar-refractivity contribution in [3.05, 3.63) is 42.9 Å². The van der Waals surface area contributed by atoms with Crippen LogP contribution in [-0.4, -0.2) is 20.2 Å². The SMILES string of the molecule is c1c[nH]c2c(c1)ccc1ncc3nncc3c12. The van der Waals surface area contributed by atoms with Crippen LogP contribution >= 0.6 is 0 Å². The van der Waals surface area contributed by atoms with Crippen molar-refractivity contribution in [2.24, 2.45) is 0 Å². The fraction of sp³-hybridized carbons (Fsp3) is 0. The molecule has 0 aliphatic rings. The first-order chi connectivity index (χ1) is 8.43. The van der Waals surface area contributed by atoms with Crippen molar-refractivity contribution in [3.63, 3.8) is 0 Å². The molecule has 4 rings (SSSR count). The van der Waals surface area contributed by atoms with Gasteiger partial charge in [-0.05, 0) is 17.5 Å². The summed E-state index contributed by atoms with van der Waals surface area (Å²) in [4.78, 5) is 7.69. The van der Waals surface area contributed by atoms with E-state index in [2.05, 4.69) is 32.3 Å². The lowest BCUT2D eigenvalue weighted by Gasteiger charge is -2.03. The number of nitrogens with one attached hydrogen (secondary N) is 1. The monoisotopic (exact) mass is 220 g/mol. The van der Waals surface area contributed by atoms with Crippen LogP contribution in [-0.2, 0) is 0 Å². The largest absolute Gasteiger partial charge is 0.361 e. The molecule has 0 amide bonds. The van der Waals surface area contributed by atoms with Gasteiger partial charge in [0.1, 0.15) is 5.52 Å². The van der Waals surface area contributed by atoms with Gasteiger partial charge >= 0.3 is 0 Å². The number of nitrogens with zero attached hydrogens (tertiary/aromatic N) is 3. The topological polar surface area (TPSA) is 54.5 Å². The number of hydrogen-bond acceptors (Lipinski definition) is 3. The molecular formula is C13H8N4. The molecule has 3 aromatic heterocycles. The van der Waals surface area contributed by atoms with E-state index in [1.165, 1.54) is 0 Å². The smallest absolute Gasteiger partial charge is 0.113 e. The van der Waals surface area contributed by atoms with Crippen LogP contribution < -0.4 is 0 Å². The summed E-state index contributed by atoms with van der Waals surface area (Å²) in [5.41, 5.74) is 2.88. The lowest BCUT2D eigenvalue weighted by Crippen LogP contribution is -1.84. The molecule has 0 bridgehead atoms. The molecule has 0 aliphatic carbocycles. The Morgan fingerprint density at radius 1 is 1.00 bits per heavy atom. The van der Waals surface area contributed by atoms with Gasteiger partial charge in [0.05, 0.1) is 23.4 Å². The van der Waals surface area contributed by atoms with Gasteiger partial charge in [-0.2, -0.15) is 5.10 Å². The minimum atomic E-state index is 0.835. The molecule has 4 heteroatoms. The second-order valence-electron chi connectivity index (χ2n) is 4.00. The number of aromatic nitrogens is 4. The predicted molar refractivity (Wildman–Crippen MR) is 66.7 cm³/mol. The maximum Gasteiger partial charge on any atom is 0.113 e. The summed E-state index contributed by atoms with van der Waals surface area (Å²) in [7, 11) is 0. The summed E-state index contributed by atoms with van der Waals surface area (Å²) in [5, 5.41) is 11.3. The van der Waals surface area contributed by atoms with Crippen molar-refractivity contribution in [1.29, 1.82) is 0 Å². The first kappa shape index (κ1) is 8.64. The summed E-state index contributed by atoms with van der Waals surface area (Å²) >= 11 is 0.